The summed E-state index contributed by atoms with van der Waals surface area (Å²) in [5.41, 5.74) is -0.241. The minimum atomic E-state index is -1.56. The molecule has 26 heavy (non-hydrogen) atoms. The van der Waals surface area contributed by atoms with Crippen molar-refractivity contribution >= 4 is 23.2 Å². The number of anilines is 1. The molecular formula is C19H26N4O3. The lowest BCUT2D eigenvalue weighted by atomic mass is 9.95. The third-order valence-corrected chi connectivity index (χ3v) is 5.31. The molecule has 2 heterocycles. The van der Waals surface area contributed by atoms with Crippen LogP contribution in [0.2, 0.25) is 0 Å². The van der Waals surface area contributed by atoms with E-state index in [4.69, 9.17) is 0 Å². The second kappa shape index (κ2) is 7.17. The monoisotopic (exact) mass is 358 g/mol. The highest BCUT2D eigenvalue weighted by molar-refractivity contribution is 6.21. The first kappa shape index (κ1) is 18.5. The van der Waals surface area contributed by atoms with Gasteiger partial charge in [-0.05, 0) is 44.5 Å². The van der Waals surface area contributed by atoms with Crippen molar-refractivity contribution in [3.05, 3.63) is 29.8 Å². The first-order valence-electron chi connectivity index (χ1n) is 9.15. The van der Waals surface area contributed by atoms with Crippen molar-refractivity contribution in [1.29, 1.82) is 0 Å². The van der Waals surface area contributed by atoms with Crippen molar-refractivity contribution in [2.75, 3.05) is 24.6 Å². The summed E-state index contributed by atoms with van der Waals surface area (Å²) in [5, 5.41) is 18.9. The Balaban J connectivity index is 1.75. The smallest absolute Gasteiger partial charge is 0.285 e. The van der Waals surface area contributed by atoms with Crippen LogP contribution < -0.4 is 10.3 Å². The summed E-state index contributed by atoms with van der Waals surface area (Å²) in [6.45, 7) is 8.33. The van der Waals surface area contributed by atoms with Crippen LogP contribution in [0.3, 0.4) is 0 Å². The summed E-state index contributed by atoms with van der Waals surface area (Å²) in [6.07, 6.45) is 1.20. The molecule has 2 atom stereocenters. The molecule has 0 bridgehead atoms. The third kappa shape index (κ3) is 3.24. The van der Waals surface area contributed by atoms with Crippen LogP contribution in [-0.4, -0.2) is 58.8 Å². The van der Waals surface area contributed by atoms with Gasteiger partial charge in [0.1, 0.15) is 0 Å². The van der Waals surface area contributed by atoms with Gasteiger partial charge in [0.05, 0.1) is 11.4 Å². The zero-order valence-electron chi connectivity index (χ0n) is 15.5. The van der Waals surface area contributed by atoms with Crippen molar-refractivity contribution in [3.63, 3.8) is 0 Å². The Hall–Kier alpha value is -2.25. The standard InChI is InChI=1S/C19H26N4O3/c1-4-19(26)13(3)21-23(18(19)25)16-8-6-7-14(11-16)17(24)20-15-9-10-22(5-2)12-15/h6-8,11,15,26H,4-5,9-10,12H2,1-3H3,(H,20,24)/t15-,19+/m1/s1. The third-order valence-electron chi connectivity index (χ3n) is 5.31. The Morgan fingerprint density at radius 1 is 1.42 bits per heavy atom. The molecule has 3 rings (SSSR count). The molecule has 1 fully saturated rings. The number of hydrazone groups is 1. The van der Waals surface area contributed by atoms with Gasteiger partial charge in [-0.2, -0.15) is 10.1 Å². The van der Waals surface area contributed by atoms with Crippen LogP contribution >= 0.6 is 0 Å². The predicted octanol–water partition coefficient (Wildman–Crippen LogP) is 1.37. The number of carbonyl (C=O) groups excluding carboxylic acids is 2. The SMILES string of the molecule is CCN1CC[C@@H](NC(=O)c2cccc(N3N=C(C)[C@@](O)(CC)C3=O)c2)C1. The average molecular weight is 358 g/mol. The van der Waals surface area contributed by atoms with Crippen LogP contribution in [0.15, 0.2) is 29.4 Å². The van der Waals surface area contributed by atoms with Crippen LogP contribution in [-0.2, 0) is 4.79 Å². The van der Waals surface area contributed by atoms with E-state index < -0.39 is 11.5 Å². The van der Waals surface area contributed by atoms with Gasteiger partial charge in [-0.3, -0.25) is 9.59 Å². The Labute approximate surface area is 153 Å². The number of nitrogens with zero attached hydrogens (tertiary/aromatic N) is 3. The molecule has 1 saturated heterocycles. The van der Waals surface area contributed by atoms with Gasteiger partial charge in [-0.25, -0.2) is 0 Å². The molecule has 2 N–H and O–H groups in total. The van der Waals surface area contributed by atoms with Gasteiger partial charge in [-0.15, -0.1) is 0 Å². The molecule has 1 aromatic carbocycles. The number of likely N-dealkylation sites (tertiary alicyclic amines) is 1. The first-order valence-corrected chi connectivity index (χ1v) is 9.15. The lowest BCUT2D eigenvalue weighted by molar-refractivity contribution is -0.129. The fraction of sp³-hybridized carbons (Fsp3) is 0.526. The van der Waals surface area contributed by atoms with Crippen LogP contribution in [0.5, 0.6) is 0 Å². The van der Waals surface area contributed by atoms with E-state index in [0.29, 0.717) is 17.0 Å². The molecule has 0 aromatic heterocycles. The number of rotatable bonds is 5. The molecule has 0 aliphatic carbocycles. The van der Waals surface area contributed by atoms with E-state index in [1.807, 2.05) is 0 Å². The van der Waals surface area contributed by atoms with E-state index >= 15 is 0 Å². The van der Waals surface area contributed by atoms with Gasteiger partial charge in [0.15, 0.2) is 5.60 Å². The maximum absolute atomic E-state index is 12.6. The molecule has 7 heteroatoms. The Kier molecular flexibility index (Phi) is 5.11. The summed E-state index contributed by atoms with van der Waals surface area (Å²) in [5.74, 6) is -0.641. The predicted molar refractivity (Wildman–Crippen MR) is 100 cm³/mol. The minimum absolute atomic E-state index is 0.143. The van der Waals surface area contributed by atoms with E-state index in [-0.39, 0.29) is 18.4 Å². The van der Waals surface area contributed by atoms with Crippen LogP contribution in [0.4, 0.5) is 5.69 Å². The lowest BCUT2D eigenvalue weighted by Gasteiger charge is -2.20. The fourth-order valence-electron chi connectivity index (χ4n) is 3.48. The highest BCUT2D eigenvalue weighted by Gasteiger charge is 2.46. The second-order valence-electron chi connectivity index (χ2n) is 6.92. The highest BCUT2D eigenvalue weighted by atomic mass is 16.3. The number of amides is 2. The van der Waals surface area contributed by atoms with Crippen molar-refractivity contribution < 1.29 is 14.7 Å². The normalized spacial score (nSPS) is 26.3. The maximum Gasteiger partial charge on any atom is 0.285 e. The van der Waals surface area contributed by atoms with Gasteiger partial charge in [0.2, 0.25) is 0 Å². The molecule has 0 radical (unpaired) electrons. The number of likely N-dealkylation sites (N-methyl/N-ethyl adjacent to an activating group) is 1. The van der Waals surface area contributed by atoms with Crippen molar-refractivity contribution in [1.82, 2.24) is 10.2 Å². The molecule has 2 aliphatic heterocycles. The molecule has 7 nitrogen and oxygen atoms in total. The number of carbonyl (C=O) groups is 2. The van der Waals surface area contributed by atoms with Gasteiger partial charge in [0, 0.05) is 24.7 Å². The zero-order chi connectivity index (χ0) is 18.9. The molecule has 140 valence electrons. The molecule has 2 aliphatic rings. The first-order chi connectivity index (χ1) is 12.4. The largest absolute Gasteiger partial charge is 0.374 e. The van der Waals surface area contributed by atoms with E-state index in [1.54, 1.807) is 38.1 Å². The van der Waals surface area contributed by atoms with Crippen LogP contribution in [0, 0.1) is 0 Å². The van der Waals surface area contributed by atoms with Crippen LogP contribution in [0.25, 0.3) is 0 Å². The summed E-state index contributed by atoms with van der Waals surface area (Å²) < 4.78 is 0. The quantitative estimate of drug-likeness (QED) is 0.833. The molecule has 0 saturated carbocycles. The number of aliphatic hydroxyl groups is 1. The van der Waals surface area contributed by atoms with Crippen molar-refractivity contribution in [2.24, 2.45) is 5.10 Å². The fourth-order valence-corrected chi connectivity index (χ4v) is 3.48. The lowest BCUT2D eigenvalue weighted by Crippen LogP contribution is -2.45. The van der Waals surface area contributed by atoms with Crippen molar-refractivity contribution in [3.8, 4) is 0 Å². The van der Waals surface area contributed by atoms with Gasteiger partial charge in [0.25, 0.3) is 11.8 Å². The molecule has 0 unspecified atom stereocenters. The molecule has 2 amide bonds. The number of hydrogen-bond donors (Lipinski definition) is 2. The Bertz CT molecular complexity index is 748. The average Bonchev–Trinajstić information content (AvgIpc) is 3.20. The molecule has 0 spiro atoms. The summed E-state index contributed by atoms with van der Waals surface area (Å²) in [6, 6.07) is 6.93. The van der Waals surface area contributed by atoms with E-state index in [0.717, 1.165) is 26.1 Å². The number of nitrogens with one attached hydrogen (secondary N) is 1. The zero-order valence-corrected chi connectivity index (χ0v) is 15.5. The van der Waals surface area contributed by atoms with Gasteiger partial charge < -0.3 is 15.3 Å². The summed E-state index contributed by atoms with van der Waals surface area (Å²) in [7, 11) is 0. The topological polar surface area (TPSA) is 85.2 Å². The number of hydrogen-bond acceptors (Lipinski definition) is 5. The molecule has 1 aromatic rings. The van der Waals surface area contributed by atoms with Crippen molar-refractivity contribution in [2.45, 2.75) is 45.3 Å². The van der Waals surface area contributed by atoms with Crippen LogP contribution in [0.1, 0.15) is 44.0 Å². The minimum Gasteiger partial charge on any atom is -0.374 e. The summed E-state index contributed by atoms with van der Waals surface area (Å²) in [4.78, 5) is 27.4. The van der Waals surface area contributed by atoms with E-state index in [1.165, 1.54) is 5.01 Å². The van der Waals surface area contributed by atoms with E-state index in [2.05, 4.69) is 22.2 Å². The highest BCUT2D eigenvalue weighted by Crippen LogP contribution is 2.29. The second-order valence-corrected chi connectivity index (χ2v) is 6.92. The maximum atomic E-state index is 12.6. The summed E-state index contributed by atoms with van der Waals surface area (Å²) >= 11 is 0. The Morgan fingerprint density at radius 2 is 2.19 bits per heavy atom. The number of benzene rings is 1. The Morgan fingerprint density at radius 3 is 2.81 bits per heavy atom. The van der Waals surface area contributed by atoms with Gasteiger partial charge >= 0.3 is 0 Å². The van der Waals surface area contributed by atoms with E-state index in [9.17, 15) is 14.7 Å². The van der Waals surface area contributed by atoms with Gasteiger partial charge in [-0.1, -0.05) is 19.9 Å². The molecular weight excluding hydrogens is 332 g/mol.